The minimum absolute atomic E-state index is 0.000461. The van der Waals surface area contributed by atoms with E-state index in [1.165, 1.54) is 0 Å². The molecular formula is C13H17N3O2S. The summed E-state index contributed by atoms with van der Waals surface area (Å²) in [4.78, 5) is 0. The molecule has 0 unspecified atom stereocenters. The van der Waals surface area contributed by atoms with E-state index in [2.05, 4.69) is 10.0 Å². The average Bonchev–Trinajstić information content (AvgIpc) is 2.39. The Labute approximate surface area is 113 Å². The van der Waals surface area contributed by atoms with Crippen molar-refractivity contribution in [2.75, 3.05) is 13.1 Å². The van der Waals surface area contributed by atoms with Gasteiger partial charge in [-0.1, -0.05) is 18.2 Å². The second-order valence-electron chi connectivity index (χ2n) is 4.67. The Balaban J connectivity index is 2.06. The fourth-order valence-electron chi connectivity index (χ4n) is 2.20. The minimum Gasteiger partial charge on any atom is -0.317 e. The molecule has 19 heavy (non-hydrogen) atoms. The van der Waals surface area contributed by atoms with Gasteiger partial charge >= 0.3 is 0 Å². The molecule has 5 nitrogen and oxygen atoms in total. The fraction of sp³-hybridized carbons (Fsp3) is 0.462. The maximum absolute atomic E-state index is 12.1. The zero-order valence-corrected chi connectivity index (χ0v) is 11.4. The van der Waals surface area contributed by atoms with Gasteiger partial charge in [-0.15, -0.1) is 0 Å². The Bertz CT molecular complexity index is 572. The van der Waals surface area contributed by atoms with Crippen molar-refractivity contribution >= 4 is 10.0 Å². The zero-order valence-electron chi connectivity index (χ0n) is 10.6. The highest BCUT2D eigenvalue weighted by molar-refractivity contribution is 7.88. The van der Waals surface area contributed by atoms with Crippen LogP contribution in [0.2, 0.25) is 0 Å². The van der Waals surface area contributed by atoms with Gasteiger partial charge in [0.2, 0.25) is 10.0 Å². The first-order valence-corrected chi connectivity index (χ1v) is 7.95. The van der Waals surface area contributed by atoms with Crippen LogP contribution in [-0.4, -0.2) is 27.5 Å². The topological polar surface area (TPSA) is 82.0 Å². The van der Waals surface area contributed by atoms with Gasteiger partial charge in [0.25, 0.3) is 0 Å². The van der Waals surface area contributed by atoms with Crippen LogP contribution in [0.25, 0.3) is 0 Å². The van der Waals surface area contributed by atoms with Gasteiger partial charge in [-0.3, -0.25) is 0 Å². The monoisotopic (exact) mass is 279 g/mol. The third-order valence-corrected chi connectivity index (χ3v) is 4.55. The van der Waals surface area contributed by atoms with Crippen molar-refractivity contribution in [3.63, 3.8) is 0 Å². The van der Waals surface area contributed by atoms with Crippen LogP contribution in [0.15, 0.2) is 24.3 Å². The first kappa shape index (κ1) is 14.0. The first-order valence-electron chi connectivity index (χ1n) is 6.29. The normalized spacial score (nSPS) is 17.0. The lowest BCUT2D eigenvalue weighted by Crippen LogP contribution is -2.43. The maximum Gasteiger partial charge on any atom is 0.216 e. The Morgan fingerprint density at radius 3 is 2.68 bits per heavy atom. The first-order chi connectivity index (χ1) is 9.11. The molecule has 0 saturated carbocycles. The highest BCUT2D eigenvalue weighted by Gasteiger charge is 2.21. The summed E-state index contributed by atoms with van der Waals surface area (Å²) in [5.41, 5.74) is 0.963. The van der Waals surface area contributed by atoms with E-state index in [9.17, 15) is 8.42 Å². The van der Waals surface area contributed by atoms with Crippen LogP contribution in [0, 0.1) is 11.3 Å². The molecule has 1 aromatic carbocycles. The van der Waals surface area contributed by atoms with Gasteiger partial charge in [0.05, 0.1) is 17.4 Å². The van der Waals surface area contributed by atoms with E-state index in [4.69, 9.17) is 5.26 Å². The average molecular weight is 279 g/mol. The van der Waals surface area contributed by atoms with Gasteiger partial charge in [0, 0.05) is 6.04 Å². The number of piperidine rings is 1. The summed E-state index contributed by atoms with van der Waals surface area (Å²) < 4.78 is 26.9. The molecular weight excluding hydrogens is 262 g/mol. The Morgan fingerprint density at radius 1 is 1.32 bits per heavy atom. The van der Waals surface area contributed by atoms with Gasteiger partial charge in [0.1, 0.15) is 0 Å². The van der Waals surface area contributed by atoms with Gasteiger partial charge < -0.3 is 5.32 Å². The van der Waals surface area contributed by atoms with E-state index < -0.39 is 10.0 Å². The Morgan fingerprint density at radius 2 is 2.00 bits per heavy atom. The summed E-state index contributed by atoms with van der Waals surface area (Å²) in [5, 5.41) is 12.2. The quantitative estimate of drug-likeness (QED) is 0.851. The van der Waals surface area contributed by atoms with E-state index in [0.717, 1.165) is 25.9 Å². The molecule has 1 saturated heterocycles. The number of sulfonamides is 1. The van der Waals surface area contributed by atoms with Crippen LogP contribution >= 0.6 is 0 Å². The van der Waals surface area contributed by atoms with Crippen molar-refractivity contribution < 1.29 is 8.42 Å². The van der Waals surface area contributed by atoms with E-state index >= 15 is 0 Å². The molecule has 2 N–H and O–H groups in total. The van der Waals surface area contributed by atoms with Gasteiger partial charge in [-0.2, -0.15) is 5.26 Å². The molecule has 0 radical (unpaired) electrons. The summed E-state index contributed by atoms with van der Waals surface area (Å²) in [7, 11) is -3.40. The second-order valence-corrected chi connectivity index (χ2v) is 6.42. The van der Waals surface area contributed by atoms with Crippen molar-refractivity contribution in [3.8, 4) is 6.07 Å². The van der Waals surface area contributed by atoms with Crippen molar-refractivity contribution in [1.82, 2.24) is 10.0 Å². The lowest BCUT2D eigenvalue weighted by Gasteiger charge is -2.23. The summed E-state index contributed by atoms with van der Waals surface area (Å²) in [5.74, 6) is -0.138. The van der Waals surface area contributed by atoms with Crippen molar-refractivity contribution in [2.24, 2.45) is 0 Å². The largest absolute Gasteiger partial charge is 0.317 e. The van der Waals surface area contributed by atoms with Crippen molar-refractivity contribution in [2.45, 2.75) is 24.6 Å². The van der Waals surface area contributed by atoms with E-state index in [1.807, 2.05) is 6.07 Å². The summed E-state index contributed by atoms with van der Waals surface area (Å²) in [6.45, 7) is 1.67. The molecule has 0 amide bonds. The SMILES string of the molecule is N#Cc1ccccc1CS(=O)(=O)NC1CCNCC1. The number of nitrogens with zero attached hydrogens (tertiary/aromatic N) is 1. The number of rotatable bonds is 4. The Hall–Kier alpha value is -1.42. The minimum atomic E-state index is -3.40. The van der Waals surface area contributed by atoms with Crippen LogP contribution in [-0.2, 0) is 15.8 Å². The summed E-state index contributed by atoms with van der Waals surface area (Å²) >= 11 is 0. The van der Waals surface area contributed by atoms with Crippen molar-refractivity contribution in [3.05, 3.63) is 35.4 Å². The molecule has 0 aliphatic carbocycles. The number of benzene rings is 1. The zero-order chi connectivity index (χ0) is 13.7. The van der Waals surface area contributed by atoms with Crippen LogP contribution < -0.4 is 10.0 Å². The molecule has 6 heteroatoms. The number of nitrogens with one attached hydrogen (secondary N) is 2. The predicted molar refractivity (Wildman–Crippen MR) is 72.8 cm³/mol. The summed E-state index contributed by atoms with van der Waals surface area (Å²) in [6.07, 6.45) is 1.61. The predicted octanol–water partition coefficient (Wildman–Crippen LogP) is 0.730. The van der Waals surface area contributed by atoms with Gasteiger partial charge in [0.15, 0.2) is 0 Å². The van der Waals surface area contributed by atoms with E-state index in [0.29, 0.717) is 11.1 Å². The van der Waals surface area contributed by atoms with Crippen LogP contribution in [0.3, 0.4) is 0 Å². The van der Waals surface area contributed by atoms with Crippen LogP contribution in [0.5, 0.6) is 0 Å². The molecule has 1 aliphatic rings. The number of nitriles is 1. The highest BCUT2D eigenvalue weighted by atomic mass is 32.2. The van der Waals surface area contributed by atoms with Gasteiger partial charge in [-0.05, 0) is 37.6 Å². The number of hydrogen-bond acceptors (Lipinski definition) is 4. The van der Waals surface area contributed by atoms with Crippen LogP contribution in [0.1, 0.15) is 24.0 Å². The highest BCUT2D eigenvalue weighted by Crippen LogP contribution is 2.12. The van der Waals surface area contributed by atoms with Crippen LogP contribution in [0.4, 0.5) is 0 Å². The molecule has 1 fully saturated rings. The standard InChI is InChI=1S/C13H17N3O2S/c14-9-11-3-1-2-4-12(11)10-19(17,18)16-13-5-7-15-8-6-13/h1-4,13,15-16H,5-8,10H2. The molecule has 0 spiro atoms. The molecule has 0 aromatic heterocycles. The lowest BCUT2D eigenvalue weighted by atomic mass is 10.1. The molecule has 1 aromatic rings. The third kappa shape index (κ3) is 4.03. The molecule has 0 atom stereocenters. The Kier molecular flexibility index (Phi) is 4.53. The fourth-order valence-corrected chi connectivity index (χ4v) is 3.68. The summed E-state index contributed by atoms with van der Waals surface area (Å²) in [6, 6.07) is 8.81. The molecule has 2 rings (SSSR count). The maximum atomic E-state index is 12.1. The molecule has 0 bridgehead atoms. The van der Waals surface area contributed by atoms with Crippen molar-refractivity contribution in [1.29, 1.82) is 5.26 Å². The lowest BCUT2D eigenvalue weighted by molar-refractivity contribution is 0.427. The van der Waals surface area contributed by atoms with Gasteiger partial charge in [-0.25, -0.2) is 13.1 Å². The third-order valence-electron chi connectivity index (χ3n) is 3.17. The molecule has 1 heterocycles. The van der Waals surface area contributed by atoms with E-state index in [1.54, 1.807) is 24.3 Å². The number of hydrogen-bond donors (Lipinski definition) is 2. The molecule has 1 aliphatic heterocycles. The second kappa shape index (κ2) is 6.15. The van der Waals surface area contributed by atoms with E-state index in [-0.39, 0.29) is 11.8 Å². The molecule has 102 valence electrons. The smallest absolute Gasteiger partial charge is 0.216 e.